The van der Waals surface area contributed by atoms with Crippen LogP contribution in [0.15, 0.2) is 0 Å². The predicted molar refractivity (Wildman–Crippen MR) is 61.7 cm³/mol. The van der Waals surface area contributed by atoms with Crippen molar-refractivity contribution in [1.82, 2.24) is 0 Å². The van der Waals surface area contributed by atoms with E-state index in [0.717, 1.165) is 0 Å². The van der Waals surface area contributed by atoms with Crippen molar-refractivity contribution in [3.05, 3.63) is 0 Å². The molecular formula is C11H20O8. The van der Waals surface area contributed by atoms with Crippen LogP contribution in [0.3, 0.4) is 0 Å². The van der Waals surface area contributed by atoms with E-state index < -0.39 is 11.9 Å². The van der Waals surface area contributed by atoms with Gasteiger partial charge in [0.1, 0.15) is 13.6 Å². The molecular weight excluding hydrogens is 260 g/mol. The molecule has 0 aliphatic rings. The average Bonchev–Trinajstić information content (AvgIpc) is 2.40. The number of ether oxygens (including phenoxy) is 6. The summed E-state index contributed by atoms with van der Waals surface area (Å²) >= 11 is 0. The normalized spacial score (nSPS) is 10.2. The number of hydrogen-bond acceptors (Lipinski definition) is 8. The quantitative estimate of drug-likeness (QED) is 0.288. The Bertz CT molecular complexity index is 219. The van der Waals surface area contributed by atoms with E-state index >= 15 is 0 Å². The molecule has 0 aromatic carbocycles. The lowest BCUT2D eigenvalue weighted by Gasteiger charge is -2.06. The number of hydrogen-bond donors (Lipinski definition) is 0. The summed E-state index contributed by atoms with van der Waals surface area (Å²) in [5.74, 6) is -0.890. The maximum absolute atomic E-state index is 11.2. The SMILES string of the molecule is COCOCOC(=O)CCCC(=O)OCOCOC. The van der Waals surface area contributed by atoms with E-state index in [-0.39, 0.29) is 40.0 Å². The van der Waals surface area contributed by atoms with Crippen molar-refractivity contribution in [2.24, 2.45) is 0 Å². The fourth-order valence-corrected chi connectivity index (χ4v) is 0.971. The van der Waals surface area contributed by atoms with E-state index in [9.17, 15) is 9.59 Å². The molecule has 0 unspecified atom stereocenters. The Morgan fingerprint density at radius 3 is 1.53 bits per heavy atom. The fraction of sp³-hybridized carbons (Fsp3) is 0.818. The smallest absolute Gasteiger partial charge is 0.307 e. The van der Waals surface area contributed by atoms with Crippen LogP contribution in [0, 0.1) is 0 Å². The number of carbonyl (C=O) groups excluding carboxylic acids is 2. The Hall–Kier alpha value is -1.22. The molecule has 0 heterocycles. The highest BCUT2D eigenvalue weighted by atomic mass is 16.7. The molecule has 0 atom stereocenters. The maximum atomic E-state index is 11.2. The molecule has 19 heavy (non-hydrogen) atoms. The predicted octanol–water partition coefficient (Wildman–Crippen LogP) is 0.399. The summed E-state index contributed by atoms with van der Waals surface area (Å²) in [4.78, 5) is 22.3. The summed E-state index contributed by atoms with van der Waals surface area (Å²) in [5, 5.41) is 0. The van der Waals surface area contributed by atoms with Crippen molar-refractivity contribution >= 4 is 11.9 Å². The van der Waals surface area contributed by atoms with E-state index in [1.54, 1.807) is 0 Å². The Kier molecular flexibility index (Phi) is 12.4. The van der Waals surface area contributed by atoms with Crippen molar-refractivity contribution in [2.75, 3.05) is 41.4 Å². The molecule has 0 saturated carbocycles. The third-order valence-corrected chi connectivity index (χ3v) is 1.77. The highest BCUT2D eigenvalue weighted by Gasteiger charge is 2.07. The first kappa shape index (κ1) is 17.8. The van der Waals surface area contributed by atoms with Gasteiger partial charge in [0.05, 0.1) is 0 Å². The van der Waals surface area contributed by atoms with Crippen molar-refractivity contribution in [1.29, 1.82) is 0 Å². The third-order valence-electron chi connectivity index (χ3n) is 1.77. The van der Waals surface area contributed by atoms with Gasteiger partial charge in [0, 0.05) is 27.1 Å². The fourth-order valence-electron chi connectivity index (χ4n) is 0.971. The van der Waals surface area contributed by atoms with Crippen LogP contribution >= 0.6 is 0 Å². The highest BCUT2D eigenvalue weighted by Crippen LogP contribution is 2.00. The van der Waals surface area contributed by atoms with Gasteiger partial charge >= 0.3 is 11.9 Å². The van der Waals surface area contributed by atoms with Crippen LogP contribution in [-0.2, 0) is 38.0 Å². The zero-order valence-corrected chi connectivity index (χ0v) is 11.2. The van der Waals surface area contributed by atoms with Crippen molar-refractivity contribution in [3.63, 3.8) is 0 Å². The van der Waals surface area contributed by atoms with Crippen LogP contribution < -0.4 is 0 Å². The molecule has 0 aromatic heterocycles. The van der Waals surface area contributed by atoms with Gasteiger partial charge in [-0.3, -0.25) is 9.59 Å². The van der Waals surface area contributed by atoms with E-state index in [4.69, 9.17) is 18.9 Å². The minimum absolute atomic E-state index is 0.0566. The number of methoxy groups -OCH3 is 2. The molecule has 0 rings (SSSR count). The molecule has 0 amide bonds. The van der Waals surface area contributed by atoms with Gasteiger partial charge < -0.3 is 28.4 Å². The summed E-state index contributed by atoms with van der Waals surface area (Å²) in [6.07, 6.45) is 0.570. The lowest BCUT2D eigenvalue weighted by molar-refractivity contribution is -0.167. The average molecular weight is 280 g/mol. The molecule has 8 nitrogen and oxygen atoms in total. The Balaban J connectivity index is 3.35. The van der Waals surface area contributed by atoms with Crippen LogP contribution in [0.25, 0.3) is 0 Å². The van der Waals surface area contributed by atoms with E-state index in [1.807, 2.05) is 0 Å². The highest BCUT2D eigenvalue weighted by molar-refractivity contribution is 5.72. The number of esters is 2. The summed E-state index contributed by atoms with van der Waals surface area (Å²) in [6.45, 7) is -0.216. The molecule has 0 aliphatic carbocycles. The first-order valence-corrected chi connectivity index (χ1v) is 5.65. The monoisotopic (exact) mass is 280 g/mol. The van der Waals surface area contributed by atoms with Crippen LogP contribution in [0.2, 0.25) is 0 Å². The maximum Gasteiger partial charge on any atom is 0.307 e. The molecule has 0 radical (unpaired) electrons. The Morgan fingerprint density at radius 1 is 0.737 bits per heavy atom. The summed E-state index contributed by atoms with van der Waals surface area (Å²) in [7, 11) is 2.92. The van der Waals surface area contributed by atoms with E-state index in [1.165, 1.54) is 14.2 Å². The van der Waals surface area contributed by atoms with Gasteiger partial charge in [-0.1, -0.05) is 0 Å². The molecule has 0 fully saturated rings. The zero-order valence-electron chi connectivity index (χ0n) is 11.2. The lowest BCUT2D eigenvalue weighted by atomic mass is 10.2. The topological polar surface area (TPSA) is 89.5 Å². The summed E-state index contributed by atoms with van der Waals surface area (Å²) in [5.41, 5.74) is 0. The Morgan fingerprint density at radius 2 is 1.16 bits per heavy atom. The van der Waals surface area contributed by atoms with Crippen molar-refractivity contribution in [3.8, 4) is 0 Å². The Labute approximate surface area is 111 Å². The second kappa shape index (κ2) is 13.2. The first-order chi connectivity index (χ1) is 9.20. The molecule has 0 aromatic rings. The van der Waals surface area contributed by atoms with Crippen molar-refractivity contribution < 1.29 is 38.0 Å². The number of carbonyl (C=O) groups is 2. The van der Waals surface area contributed by atoms with E-state index in [0.29, 0.717) is 6.42 Å². The first-order valence-electron chi connectivity index (χ1n) is 5.65. The van der Waals surface area contributed by atoms with Gasteiger partial charge in [-0.05, 0) is 6.42 Å². The zero-order chi connectivity index (χ0) is 14.3. The van der Waals surface area contributed by atoms with Crippen LogP contribution in [0.1, 0.15) is 19.3 Å². The van der Waals surface area contributed by atoms with Crippen LogP contribution in [0.4, 0.5) is 0 Å². The number of rotatable bonds is 12. The standard InChI is InChI=1S/C11H20O8/c1-14-6-16-8-18-10(12)4-3-5-11(13)19-9-17-7-15-2/h3-9H2,1-2H3. The minimum atomic E-state index is -0.445. The van der Waals surface area contributed by atoms with Gasteiger partial charge in [-0.25, -0.2) is 0 Å². The molecule has 8 heteroatoms. The second-order valence-electron chi connectivity index (χ2n) is 3.34. The molecule has 0 saturated heterocycles. The summed E-state index contributed by atoms with van der Waals surface area (Å²) in [6, 6.07) is 0. The van der Waals surface area contributed by atoms with Gasteiger partial charge in [-0.15, -0.1) is 0 Å². The largest absolute Gasteiger partial charge is 0.438 e. The van der Waals surface area contributed by atoms with Gasteiger partial charge in [0.25, 0.3) is 0 Å². The minimum Gasteiger partial charge on any atom is -0.438 e. The second-order valence-corrected chi connectivity index (χ2v) is 3.34. The van der Waals surface area contributed by atoms with E-state index in [2.05, 4.69) is 9.47 Å². The molecule has 0 spiro atoms. The van der Waals surface area contributed by atoms with Gasteiger partial charge in [0.2, 0.25) is 0 Å². The van der Waals surface area contributed by atoms with Gasteiger partial charge in [0.15, 0.2) is 13.6 Å². The van der Waals surface area contributed by atoms with Crippen LogP contribution in [0.5, 0.6) is 0 Å². The third kappa shape index (κ3) is 13.0. The molecule has 0 aliphatic heterocycles. The lowest BCUT2D eigenvalue weighted by Crippen LogP contribution is -2.12. The van der Waals surface area contributed by atoms with Crippen molar-refractivity contribution in [2.45, 2.75) is 19.3 Å². The van der Waals surface area contributed by atoms with Crippen LogP contribution in [-0.4, -0.2) is 53.3 Å². The molecule has 0 bridgehead atoms. The van der Waals surface area contributed by atoms with Gasteiger partial charge in [-0.2, -0.15) is 0 Å². The summed E-state index contributed by atoms with van der Waals surface area (Å²) < 4.78 is 28.1. The molecule has 112 valence electrons. The molecule has 0 N–H and O–H groups in total.